The van der Waals surface area contributed by atoms with Crippen molar-refractivity contribution in [3.05, 3.63) is 71.3 Å². The summed E-state index contributed by atoms with van der Waals surface area (Å²) in [7, 11) is 0. The second kappa shape index (κ2) is 9.73. The van der Waals surface area contributed by atoms with Crippen molar-refractivity contribution >= 4 is 35.8 Å². The van der Waals surface area contributed by atoms with Crippen LogP contribution in [0.15, 0.2) is 59.6 Å². The molecule has 1 amide bonds. The fraction of sp³-hybridized carbons (Fsp3) is 0.333. The van der Waals surface area contributed by atoms with E-state index in [0.29, 0.717) is 12.1 Å². The van der Waals surface area contributed by atoms with E-state index in [1.165, 1.54) is 18.4 Å². The monoisotopic (exact) mass is 478 g/mol. The number of nitrogens with two attached hydrogens (primary N) is 1. The smallest absolute Gasteiger partial charge is 0.248 e. The Kier molecular flexibility index (Phi) is 7.65. The molecule has 0 radical (unpaired) electrons. The van der Waals surface area contributed by atoms with E-state index in [4.69, 9.17) is 5.73 Å². The predicted molar refractivity (Wildman–Crippen MR) is 121 cm³/mol. The van der Waals surface area contributed by atoms with Gasteiger partial charge in [-0.3, -0.25) is 4.79 Å². The Morgan fingerprint density at radius 2 is 1.85 bits per heavy atom. The minimum absolute atomic E-state index is 0. The molecule has 0 atom stereocenters. The number of primary amides is 1. The number of carbonyl (C=O) groups excluding carboxylic acids is 1. The van der Waals surface area contributed by atoms with Crippen molar-refractivity contribution in [2.45, 2.75) is 31.7 Å². The molecule has 5 nitrogen and oxygen atoms in total. The van der Waals surface area contributed by atoms with Crippen molar-refractivity contribution in [2.24, 2.45) is 10.7 Å². The summed E-state index contributed by atoms with van der Waals surface area (Å²) in [4.78, 5) is 16.0. The topological polar surface area (TPSA) is 79.5 Å². The van der Waals surface area contributed by atoms with Crippen LogP contribution in [0.5, 0.6) is 0 Å². The van der Waals surface area contributed by atoms with Gasteiger partial charge in [-0.2, -0.15) is 0 Å². The van der Waals surface area contributed by atoms with Crippen molar-refractivity contribution in [2.75, 3.05) is 13.1 Å². The van der Waals surface area contributed by atoms with Crippen molar-refractivity contribution in [1.29, 1.82) is 0 Å². The molecule has 1 aliphatic rings. The molecule has 1 fully saturated rings. The number of guanidine groups is 1. The quantitative estimate of drug-likeness (QED) is 0.325. The van der Waals surface area contributed by atoms with Crippen LogP contribution in [0, 0.1) is 0 Å². The molecule has 0 heterocycles. The highest BCUT2D eigenvalue weighted by Gasteiger charge is 2.43. The molecule has 1 aliphatic carbocycles. The molecule has 4 N–H and O–H groups in total. The Morgan fingerprint density at radius 1 is 1.11 bits per heavy atom. The van der Waals surface area contributed by atoms with Gasteiger partial charge in [0.05, 0.1) is 6.54 Å². The molecule has 2 aromatic carbocycles. The van der Waals surface area contributed by atoms with Crippen molar-refractivity contribution in [3.8, 4) is 0 Å². The highest BCUT2D eigenvalue weighted by Crippen LogP contribution is 2.47. The molecule has 144 valence electrons. The number of halogens is 1. The third-order valence-electron chi connectivity index (χ3n) is 4.81. The number of nitrogens with zero attached hydrogens (tertiary/aromatic N) is 1. The van der Waals surface area contributed by atoms with E-state index in [2.05, 4.69) is 52.9 Å². The van der Waals surface area contributed by atoms with E-state index in [1.54, 1.807) is 12.1 Å². The number of amides is 1. The molecule has 1 saturated carbocycles. The lowest BCUT2D eigenvalue weighted by Gasteiger charge is -2.19. The van der Waals surface area contributed by atoms with Gasteiger partial charge in [0, 0.05) is 24.1 Å². The van der Waals surface area contributed by atoms with Gasteiger partial charge < -0.3 is 16.4 Å². The number of nitrogens with one attached hydrogen (secondary N) is 2. The van der Waals surface area contributed by atoms with Gasteiger partial charge in [0.25, 0.3) is 0 Å². The minimum Gasteiger partial charge on any atom is -0.366 e. The number of carbonyl (C=O) groups is 1. The Hall–Kier alpha value is -2.09. The van der Waals surface area contributed by atoms with Crippen LogP contribution in [-0.4, -0.2) is 25.0 Å². The molecule has 3 rings (SSSR count). The fourth-order valence-electron chi connectivity index (χ4n) is 3.10. The SMILES string of the molecule is CCNC(=NCc1cccc(C(N)=O)c1)NCC1(c2ccccc2)CC1.I. The second-order valence-corrected chi connectivity index (χ2v) is 6.76. The summed E-state index contributed by atoms with van der Waals surface area (Å²) in [6.07, 6.45) is 2.40. The fourth-order valence-corrected chi connectivity index (χ4v) is 3.10. The summed E-state index contributed by atoms with van der Waals surface area (Å²) in [5, 5.41) is 6.77. The summed E-state index contributed by atoms with van der Waals surface area (Å²) >= 11 is 0. The van der Waals surface area contributed by atoms with Crippen LogP contribution in [0.4, 0.5) is 0 Å². The predicted octanol–water partition coefficient (Wildman–Crippen LogP) is 3.19. The molecule has 6 heteroatoms. The van der Waals surface area contributed by atoms with Gasteiger partial charge >= 0.3 is 0 Å². The van der Waals surface area contributed by atoms with Crippen LogP contribution in [0.3, 0.4) is 0 Å². The first-order valence-electron chi connectivity index (χ1n) is 9.09. The first-order chi connectivity index (χ1) is 12.6. The summed E-state index contributed by atoms with van der Waals surface area (Å²) in [6, 6.07) is 17.9. The molecule has 0 unspecified atom stereocenters. The molecule has 0 saturated heterocycles. The zero-order chi connectivity index (χ0) is 18.4. The molecule has 2 aromatic rings. The maximum atomic E-state index is 11.3. The van der Waals surface area contributed by atoms with Crippen LogP contribution < -0.4 is 16.4 Å². The second-order valence-electron chi connectivity index (χ2n) is 6.76. The third-order valence-corrected chi connectivity index (χ3v) is 4.81. The van der Waals surface area contributed by atoms with Crippen molar-refractivity contribution in [1.82, 2.24) is 10.6 Å². The zero-order valence-electron chi connectivity index (χ0n) is 15.6. The van der Waals surface area contributed by atoms with Crippen LogP contribution in [0.25, 0.3) is 0 Å². The van der Waals surface area contributed by atoms with Crippen LogP contribution in [-0.2, 0) is 12.0 Å². The number of hydrogen-bond donors (Lipinski definition) is 3. The Morgan fingerprint density at radius 3 is 2.48 bits per heavy atom. The van der Waals surface area contributed by atoms with E-state index in [1.807, 2.05) is 12.1 Å². The van der Waals surface area contributed by atoms with Gasteiger partial charge in [0.2, 0.25) is 5.91 Å². The summed E-state index contributed by atoms with van der Waals surface area (Å²) in [5.74, 6) is 0.374. The average molecular weight is 478 g/mol. The van der Waals surface area contributed by atoms with Gasteiger partial charge in [-0.15, -0.1) is 24.0 Å². The zero-order valence-corrected chi connectivity index (χ0v) is 17.9. The lowest BCUT2D eigenvalue weighted by atomic mass is 9.96. The van der Waals surface area contributed by atoms with Gasteiger partial charge in [-0.1, -0.05) is 42.5 Å². The maximum Gasteiger partial charge on any atom is 0.248 e. The first-order valence-corrected chi connectivity index (χ1v) is 9.09. The molecule has 27 heavy (non-hydrogen) atoms. The first kappa shape index (κ1) is 21.2. The maximum absolute atomic E-state index is 11.3. The van der Waals surface area contributed by atoms with Gasteiger partial charge in [0.1, 0.15) is 0 Å². The normalized spacial score (nSPS) is 14.8. The average Bonchev–Trinajstić information content (AvgIpc) is 3.46. The number of aliphatic imine (C=N–C) groups is 1. The molecule has 0 aliphatic heterocycles. The molecule has 0 spiro atoms. The summed E-state index contributed by atoms with van der Waals surface area (Å²) in [6.45, 7) is 4.21. The Labute approximate surface area is 177 Å². The van der Waals surface area contributed by atoms with Gasteiger partial charge in [-0.25, -0.2) is 4.99 Å². The van der Waals surface area contributed by atoms with E-state index < -0.39 is 5.91 Å². The van der Waals surface area contributed by atoms with Crippen LogP contribution in [0.1, 0.15) is 41.3 Å². The number of rotatable bonds is 7. The number of benzene rings is 2. The standard InChI is InChI=1S/C21H26N4O.HI/c1-2-23-20(24-14-16-7-6-8-17(13-16)19(22)26)25-15-21(11-12-21)18-9-4-3-5-10-18;/h3-10,13H,2,11-12,14-15H2,1H3,(H2,22,26)(H2,23,24,25);1H. The Bertz CT molecular complexity index is 788. The molecule has 0 aromatic heterocycles. The van der Waals surface area contributed by atoms with Crippen molar-refractivity contribution in [3.63, 3.8) is 0 Å². The van der Waals surface area contributed by atoms with E-state index >= 15 is 0 Å². The largest absolute Gasteiger partial charge is 0.366 e. The van der Waals surface area contributed by atoms with E-state index in [9.17, 15) is 4.79 Å². The van der Waals surface area contributed by atoms with E-state index in [0.717, 1.165) is 24.6 Å². The molecular weight excluding hydrogens is 451 g/mol. The highest BCUT2D eigenvalue weighted by molar-refractivity contribution is 14.0. The lowest BCUT2D eigenvalue weighted by molar-refractivity contribution is 0.1000. The molecular formula is C21H27IN4O. The molecule has 0 bridgehead atoms. The minimum atomic E-state index is -0.417. The summed E-state index contributed by atoms with van der Waals surface area (Å²) in [5.41, 5.74) is 8.43. The van der Waals surface area contributed by atoms with Crippen LogP contribution in [0.2, 0.25) is 0 Å². The Balaban J connectivity index is 0.00000261. The van der Waals surface area contributed by atoms with Crippen LogP contribution >= 0.6 is 24.0 Å². The van der Waals surface area contributed by atoms with Gasteiger partial charge in [-0.05, 0) is 43.0 Å². The lowest BCUT2D eigenvalue weighted by Crippen LogP contribution is -2.41. The third kappa shape index (κ3) is 5.69. The van der Waals surface area contributed by atoms with Gasteiger partial charge in [0.15, 0.2) is 5.96 Å². The number of hydrogen-bond acceptors (Lipinski definition) is 2. The highest BCUT2D eigenvalue weighted by atomic mass is 127. The van der Waals surface area contributed by atoms with Crippen molar-refractivity contribution < 1.29 is 4.79 Å². The summed E-state index contributed by atoms with van der Waals surface area (Å²) < 4.78 is 0. The van der Waals surface area contributed by atoms with E-state index in [-0.39, 0.29) is 29.4 Å².